The Morgan fingerprint density at radius 1 is 1.34 bits per heavy atom. The summed E-state index contributed by atoms with van der Waals surface area (Å²) in [4.78, 5) is 26.8. The molecule has 2 atom stereocenters. The van der Waals surface area contributed by atoms with Crippen LogP contribution < -0.4 is 11.1 Å². The molecule has 3 aliphatic rings. The molecule has 0 aromatic heterocycles. The van der Waals surface area contributed by atoms with E-state index in [1.54, 1.807) is 37.3 Å². The Morgan fingerprint density at radius 3 is 2.72 bits per heavy atom. The van der Waals surface area contributed by atoms with Gasteiger partial charge in [0, 0.05) is 28.1 Å². The summed E-state index contributed by atoms with van der Waals surface area (Å²) in [6, 6.07) is -0.310. The van der Waals surface area contributed by atoms with E-state index in [2.05, 4.69) is 11.9 Å². The standard InChI is InChI=1S/C23H27N3O3/c1-4-16(8-7-15(3)24)21(27)25-17-9-12-19-20(13-17)23(29)26(22(19)28)18-10-5-14(2)6-11-18/h4-5,7-8,10,12-13,17,23,29H,3,6,9,11,24H2,1-2H3,(H,25,27)/b8-7-,16-4+. The molecule has 1 saturated heterocycles. The van der Waals surface area contributed by atoms with Crippen LogP contribution in [0.5, 0.6) is 0 Å². The minimum atomic E-state index is -1.03. The zero-order valence-corrected chi connectivity index (χ0v) is 16.8. The molecule has 1 aliphatic heterocycles. The Hall–Kier alpha value is -3.12. The monoisotopic (exact) mass is 393 g/mol. The van der Waals surface area contributed by atoms with Gasteiger partial charge in [0.15, 0.2) is 6.23 Å². The van der Waals surface area contributed by atoms with Gasteiger partial charge < -0.3 is 16.2 Å². The predicted molar refractivity (Wildman–Crippen MR) is 113 cm³/mol. The third kappa shape index (κ3) is 4.32. The molecule has 0 aromatic carbocycles. The Kier molecular flexibility index (Phi) is 6.03. The van der Waals surface area contributed by atoms with Gasteiger partial charge in [-0.3, -0.25) is 14.5 Å². The van der Waals surface area contributed by atoms with Crippen molar-refractivity contribution < 1.29 is 14.7 Å². The van der Waals surface area contributed by atoms with E-state index in [1.807, 2.05) is 19.1 Å². The van der Waals surface area contributed by atoms with Crippen molar-refractivity contribution in [3.63, 3.8) is 0 Å². The molecule has 0 radical (unpaired) electrons. The van der Waals surface area contributed by atoms with Crippen LogP contribution in [0.15, 0.2) is 82.8 Å². The second-order valence-corrected chi connectivity index (χ2v) is 7.43. The fourth-order valence-corrected chi connectivity index (χ4v) is 3.62. The molecule has 1 fully saturated rings. The largest absolute Gasteiger partial charge is 0.399 e. The maximum absolute atomic E-state index is 12.8. The van der Waals surface area contributed by atoms with E-state index in [-0.39, 0.29) is 17.9 Å². The number of hydrogen-bond acceptors (Lipinski definition) is 4. The predicted octanol–water partition coefficient (Wildman–Crippen LogP) is 2.49. The minimum absolute atomic E-state index is 0.189. The Bertz CT molecular complexity index is 931. The highest BCUT2D eigenvalue weighted by molar-refractivity contribution is 6.03. The molecule has 6 heteroatoms. The third-order valence-corrected chi connectivity index (χ3v) is 5.25. The summed E-state index contributed by atoms with van der Waals surface area (Å²) in [5.74, 6) is -0.443. The summed E-state index contributed by atoms with van der Waals surface area (Å²) in [7, 11) is 0. The Labute approximate surface area is 171 Å². The fraction of sp³-hybridized carbons (Fsp3) is 0.304. The van der Waals surface area contributed by atoms with Crippen molar-refractivity contribution in [2.75, 3.05) is 0 Å². The van der Waals surface area contributed by atoms with E-state index < -0.39 is 6.23 Å². The average molecular weight is 393 g/mol. The van der Waals surface area contributed by atoms with E-state index in [0.29, 0.717) is 28.8 Å². The number of likely N-dealkylation sites (tertiary alicyclic amines) is 1. The van der Waals surface area contributed by atoms with Crippen molar-refractivity contribution in [3.05, 3.63) is 82.8 Å². The number of nitrogens with two attached hydrogens (primary N) is 1. The number of fused-ring (bicyclic) bond motifs is 1. The minimum Gasteiger partial charge on any atom is -0.399 e. The molecule has 0 spiro atoms. The van der Waals surface area contributed by atoms with E-state index in [9.17, 15) is 14.7 Å². The van der Waals surface area contributed by atoms with Crippen LogP contribution in [0.3, 0.4) is 0 Å². The Balaban J connectivity index is 1.76. The molecular weight excluding hydrogens is 366 g/mol. The number of aliphatic hydroxyl groups is 1. The number of nitrogens with one attached hydrogen (secondary N) is 1. The highest BCUT2D eigenvalue weighted by Crippen LogP contribution is 2.37. The molecule has 3 rings (SSSR count). The highest BCUT2D eigenvalue weighted by Gasteiger charge is 2.42. The van der Waals surface area contributed by atoms with Crippen molar-refractivity contribution in [2.24, 2.45) is 5.73 Å². The first-order valence-corrected chi connectivity index (χ1v) is 9.71. The topological polar surface area (TPSA) is 95.7 Å². The zero-order chi connectivity index (χ0) is 21.1. The summed E-state index contributed by atoms with van der Waals surface area (Å²) in [6.45, 7) is 7.39. The van der Waals surface area contributed by atoms with Crippen LogP contribution in [-0.2, 0) is 9.59 Å². The number of rotatable bonds is 5. The van der Waals surface area contributed by atoms with Crippen LogP contribution in [0.25, 0.3) is 0 Å². The van der Waals surface area contributed by atoms with Crippen molar-refractivity contribution in [2.45, 2.75) is 45.4 Å². The van der Waals surface area contributed by atoms with Crippen LogP contribution in [0.2, 0.25) is 0 Å². The number of aliphatic hydroxyl groups excluding tert-OH is 1. The van der Waals surface area contributed by atoms with Gasteiger partial charge in [0.2, 0.25) is 0 Å². The first kappa shape index (κ1) is 20.6. The van der Waals surface area contributed by atoms with Gasteiger partial charge in [-0.2, -0.15) is 0 Å². The summed E-state index contributed by atoms with van der Waals surface area (Å²) >= 11 is 0. The highest BCUT2D eigenvalue weighted by atomic mass is 16.3. The molecular formula is C23H27N3O3. The first-order chi connectivity index (χ1) is 13.8. The van der Waals surface area contributed by atoms with E-state index in [1.165, 1.54) is 10.5 Å². The van der Waals surface area contributed by atoms with Crippen LogP contribution >= 0.6 is 0 Å². The molecule has 6 nitrogen and oxygen atoms in total. The number of nitrogens with zero attached hydrogens (tertiary/aromatic N) is 1. The van der Waals surface area contributed by atoms with Gasteiger partial charge >= 0.3 is 0 Å². The maximum Gasteiger partial charge on any atom is 0.260 e. The van der Waals surface area contributed by atoms with Crippen LogP contribution in [0, 0.1) is 0 Å². The van der Waals surface area contributed by atoms with Crippen molar-refractivity contribution in [1.82, 2.24) is 10.2 Å². The third-order valence-electron chi connectivity index (χ3n) is 5.25. The quantitative estimate of drug-likeness (QED) is 0.494. The number of allylic oxidation sites excluding steroid dienone is 6. The van der Waals surface area contributed by atoms with E-state index >= 15 is 0 Å². The van der Waals surface area contributed by atoms with Gasteiger partial charge in [-0.15, -0.1) is 0 Å². The molecule has 2 aliphatic carbocycles. The van der Waals surface area contributed by atoms with Crippen molar-refractivity contribution in [3.8, 4) is 0 Å². The lowest BCUT2D eigenvalue weighted by molar-refractivity contribution is -0.128. The van der Waals surface area contributed by atoms with Crippen molar-refractivity contribution in [1.29, 1.82) is 0 Å². The molecule has 2 unspecified atom stereocenters. The summed E-state index contributed by atoms with van der Waals surface area (Å²) in [6.07, 6.45) is 13.3. The molecule has 4 N–H and O–H groups in total. The van der Waals surface area contributed by atoms with Gasteiger partial charge in [-0.1, -0.05) is 36.5 Å². The molecule has 0 bridgehead atoms. The summed E-state index contributed by atoms with van der Waals surface area (Å²) in [5.41, 5.74) is 9.47. The smallest absolute Gasteiger partial charge is 0.260 e. The zero-order valence-electron chi connectivity index (χ0n) is 16.8. The van der Waals surface area contributed by atoms with Gasteiger partial charge in [0.1, 0.15) is 0 Å². The first-order valence-electron chi connectivity index (χ1n) is 9.71. The van der Waals surface area contributed by atoms with Gasteiger partial charge in [0.05, 0.1) is 6.04 Å². The number of amides is 2. The Morgan fingerprint density at radius 2 is 2.10 bits per heavy atom. The van der Waals surface area contributed by atoms with Gasteiger partial charge in [-0.05, 0) is 51.3 Å². The second kappa shape index (κ2) is 8.49. The fourth-order valence-electron chi connectivity index (χ4n) is 3.62. The molecule has 0 saturated carbocycles. The average Bonchev–Trinajstić information content (AvgIpc) is 2.93. The van der Waals surface area contributed by atoms with E-state index in [0.717, 1.165) is 18.5 Å². The summed E-state index contributed by atoms with van der Waals surface area (Å²) < 4.78 is 0. The number of hydrogen-bond donors (Lipinski definition) is 3. The van der Waals surface area contributed by atoms with Gasteiger partial charge in [0.25, 0.3) is 11.8 Å². The SMILES string of the molecule is C=C(N)/C=C\C(=C/C)C(=O)NC1C=C2C(=CC1)C(=O)N(C1=CC=C(C)CC1)C2O. The van der Waals surface area contributed by atoms with Crippen LogP contribution in [0.4, 0.5) is 0 Å². The normalized spacial score (nSPS) is 24.6. The molecule has 152 valence electrons. The summed E-state index contributed by atoms with van der Waals surface area (Å²) in [5, 5.41) is 13.7. The number of carbonyl (C=O) groups excluding carboxylic acids is 2. The van der Waals surface area contributed by atoms with Crippen LogP contribution in [0.1, 0.15) is 33.1 Å². The molecule has 1 heterocycles. The van der Waals surface area contributed by atoms with Gasteiger partial charge in [-0.25, -0.2) is 0 Å². The number of carbonyl (C=O) groups is 2. The van der Waals surface area contributed by atoms with Crippen LogP contribution in [-0.4, -0.2) is 34.1 Å². The van der Waals surface area contributed by atoms with E-state index in [4.69, 9.17) is 5.73 Å². The molecule has 29 heavy (non-hydrogen) atoms. The lowest BCUT2D eigenvalue weighted by atomic mass is 9.96. The maximum atomic E-state index is 12.8. The molecule has 0 aromatic rings. The lowest BCUT2D eigenvalue weighted by Gasteiger charge is -2.25. The molecule has 2 amide bonds. The second-order valence-electron chi connectivity index (χ2n) is 7.43. The van der Waals surface area contributed by atoms with Crippen molar-refractivity contribution >= 4 is 11.8 Å². The lowest BCUT2D eigenvalue weighted by Crippen LogP contribution is -2.36.